The summed E-state index contributed by atoms with van der Waals surface area (Å²) < 4.78 is 58.9. The fourth-order valence-corrected chi connectivity index (χ4v) is 1.12. The van der Waals surface area contributed by atoms with E-state index in [-0.39, 0.29) is 0 Å². The minimum absolute atomic E-state index is 0.743. The molecule has 1 aromatic rings. The highest BCUT2D eigenvalue weighted by atomic mass is 32.2. The van der Waals surface area contributed by atoms with E-state index in [9.17, 15) is 18.0 Å². The van der Waals surface area contributed by atoms with Gasteiger partial charge in [0, 0.05) is 11.1 Å². The number of hydrogen-bond donors (Lipinski definition) is 1. The standard InChI is InChI=1S/C10H13NO.CHF3O3S/c1-11(2)7-9-3-5-10(8-12)6-4-9;2-1(3,4)8(5,6)7/h3-6,8H,7H2,1-2H3;(H,5,6,7). The number of rotatable bonds is 3. The first-order valence-electron chi connectivity index (χ1n) is 5.32. The molecule has 0 aliphatic carbocycles. The first-order valence-corrected chi connectivity index (χ1v) is 6.73. The molecule has 5 nitrogen and oxygen atoms in total. The van der Waals surface area contributed by atoms with Crippen LogP contribution in [0.25, 0.3) is 0 Å². The molecule has 0 unspecified atom stereocenters. The Bertz CT molecular complexity index is 524. The van der Waals surface area contributed by atoms with Crippen LogP contribution in [0.1, 0.15) is 15.9 Å². The molecule has 114 valence electrons. The number of alkyl halides is 3. The van der Waals surface area contributed by atoms with Gasteiger partial charge >= 0.3 is 5.51 Å². The molecule has 0 saturated carbocycles. The third-order valence-corrected chi connectivity index (χ3v) is 2.52. The largest absolute Gasteiger partial charge is 0.741 e. The lowest BCUT2D eigenvalue weighted by atomic mass is 10.1. The summed E-state index contributed by atoms with van der Waals surface area (Å²) in [5.74, 6) is 0. The lowest BCUT2D eigenvalue weighted by Gasteiger charge is -2.08. The molecule has 20 heavy (non-hydrogen) atoms. The Morgan fingerprint density at radius 3 is 1.85 bits per heavy atom. The van der Waals surface area contributed by atoms with Gasteiger partial charge in [-0.15, -0.1) is 0 Å². The molecule has 0 amide bonds. The normalized spacial score (nSPS) is 11.8. The maximum absolute atomic E-state index is 10.7. The first kappa shape index (κ1) is 18.6. The fourth-order valence-electron chi connectivity index (χ4n) is 1.12. The van der Waals surface area contributed by atoms with E-state index < -0.39 is 15.6 Å². The number of benzene rings is 1. The van der Waals surface area contributed by atoms with Crippen molar-refractivity contribution in [2.75, 3.05) is 14.1 Å². The van der Waals surface area contributed by atoms with Gasteiger partial charge in [-0.1, -0.05) is 24.3 Å². The van der Waals surface area contributed by atoms with Gasteiger partial charge < -0.3 is 9.45 Å². The maximum atomic E-state index is 10.7. The van der Waals surface area contributed by atoms with Crippen LogP contribution in [0.15, 0.2) is 24.3 Å². The zero-order valence-corrected chi connectivity index (χ0v) is 11.6. The number of nitrogens with one attached hydrogen (secondary N) is 1. The topological polar surface area (TPSA) is 78.7 Å². The van der Waals surface area contributed by atoms with Crippen molar-refractivity contribution in [3.8, 4) is 0 Å². The molecule has 0 bridgehead atoms. The number of hydrogen-bond acceptors (Lipinski definition) is 4. The van der Waals surface area contributed by atoms with Crippen molar-refractivity contribution in [3.63, 3.8) is 0 Å². The Morgan fingerprint density at radius 2 is 1.60 bits per heavy atom. The Hall–Kier alpha value is -1.45. The number of aldehydes is 1. The zero-order chi connectivity index (χ0) is 16.0. The lowest BCUT2D eigenvalue weighted by molar-refractivity contribution is -0.872. The Labute approximate surface area is 114 Å². The van der Waals surface area contributed by atoms with Crippen LogP contribution in [0, 0.1) is 0 Å². The minimum atomic E-state index is -6.09. The van der Waals surface area contributed by atoms with Crippen LogP contribution >= 0.6 is 0 Å². The van der Waals surface area contributed by atoms with E-state index in [0.717, 1.165) is 18.4 Å². The summed E-state index contributed by atoms with van der Waals surface area (Å²) in [7, 11) is -1.88. The second kappa shape index (κ2) is 7.36. The van der Waals surface area contributed by atoms with Crippen molar-refractivity contribution in [2.24, 2.45) is 0 Å². The van der Waals surface area contributed by atoms with Gasteiger partial charge in [-0.3, -0.25) is 4.79 Å². The first-order chi connectivity index (χ1) is 8.97. The van der Waals surface area contributed by atoms with Crippen LogP contribution in [0.3, 0.4) is 0 Å². The number of quaternary nitrogens is 1. The molecule has 1 N–H and O–H groups in total. The molecule has 0 aromatic heterocycles. The van der Waals surface area contributed by atoms with Crippen molar-refractivity contribution >= 4 is 16.4 Å². The van der Waals surface area contributed by atoms with Crippen LogP contribution in [0.2, 0.25) is 0 Å². The summed E-state index contributed by atoms with van der Waals surface area (Å²) in [4.78, 5) is 11.7. The quantitative estimate of drug-likeness (QED) is 0.491. The van der Waals surface area contributed by atoms with Gasteiger partial charge in [0.2, 0.25) is 0 Å². The Kier molecular flexibility index (Phi) is 6.83. The fraction of sp³-hybridized carbons (Fsp3) is 0.364. The zero-order valence-electron chi connectivity index (χ0n) is 10.8. The van der Waals surface area contributed by atoms with Gasteiger partial charge in [-0.2, -0.15) is 13.2 Å². The van der Waals surface area contributed by atoms with E-state index in [1.807, 2.05) is 24.3 Å². The SMILES string of the molecule is C[NH+](C)Cc1ccc(C=O)cc1.O=S(=O)([O-])C(F)(F)F. The lowest BCUT2D eigenvalue weighted by Crippen LogP contribution is -3.04. The molecule has 9 heteroatoms. The van der Waals surface area contributed by atoms with Crippen LogP contribution in [0.5, 0.6) is 0 Å². The van der Waals surface area contributed by atoms with Crippen molar-refractivity contribution < 1.29 is 35.8 Å². The van der Waals surface area contributed by atoms with E-state index in [1.54, 1.807) is 0 Å². The summed E-state index contributed by atoms with van der Waals surface area (Å²) in [6, 6.07) is 7.70. The van der Waals surface area contributed by atoms with Gasteiger partial charge in [0.05, 0.1) is 14.1 Å². The number of carbonyl (C=O) groups excluding carboxylic acids is 1. The summed E-state index contributed by atoms with van der Waals surface area (Å²) in [5, 5.41) is 0. The van der Waals surface area contributed by atoms with Gasteiger partial charge in [0.1, 0.15) is 12.8 Å². The molecule has 0 fully saturated rings. The molecule has 0 spiro atoms. The molecule has 0 saturated heterocycles. The van der Waals surface area contributed by atoms with Crippen molar-refractivity contribution in [1.29, 1.82) is 0 Å². The Balaban J connectivity index is 0.000000396. The Morgan fingerprint density at radius 1 is 1.20 bits per heavy atom. The molecule has 0 heterocycles. The van der Waals surface area contributed by atoms with E-state index in [0.29, 0.717) is 0 Å². The molecular weight excluding hydrogens is 299 g/mol. The minimum Gasteiger partial charge on any atom is -0.741 e. The van der Waals surface area contributed by atoms with Crippen molar-refractivity contribution in [1.82, 2.24) is 0 Å². The smallest absolute Gasteiger partial charge is 0.485 e. The van der Waals surface area contributed by atoms with Gasteiger partial charge in [0.25, 0.3) is 0 Å². The third kappa shape index (κ3) is 7.22. The van der Waals surface area contributed by atoms with Crippen LogP contribution in [0.4, 0.5) is 13.2 Å². The van der Waals surface area contributed by atoms with Gasteiger partial charge in [-0.05, 0) is 0 Å². The highest BCUT2D eigenvalue weighted by Crippen LogP contribution is 2.20. The third-order valence-electron chi connectivity index (χ3n) is 1.96. The summed E-state index contributed by atoms with van der Waals surface area (Å²) in [5.41, 5.74) is -3.64. The molecular formula is C11H14F3NO4S. The molecule has 0 aliphatic heterocycles. The predicted octanol–water partition coefficient (Wildman–Crippen LogP) is 0.195. The van der Waals surface area contributed by atoms with Crippen LogP contribution in [-0.2, 0) is 16.7 Å². The average molecular weight is 313 g/mol. The van der Waals surface area contributed by atoms with Crippen LogP contribution in [-0.4, -0.2) is 38.9 Å². The van der Waals surface area contributed by atoms with Gasteiger partial charge in [-0.25, -0.2) is 8.42 Å². The molecule has 1 rings (SSSR count). The summed E-state index contributed by atoms with van der Waals surface area (Å²) in [6.07, 6.45) is 0.867. The second-order valence-corrected chi connectivity index (χ2v) is 5.51. The van der Waals surface area contributed by atoms with E-state index >= 15 is 0 Å². The van der Waals surface area contributed by atoms with E-state index in [4.69, 9.17) is 13.0 Å². The summed E-state index contributed by atoms with van der Waals surface area (Å²) >= 11 is 0. The second-order valence-electron chi connectivity index (χ2n) is 4.14. The van der Waals surface area contributed by atoms with E-state index in [1.165, 1.54) is 10.5 Å². The average Bonchev–Trinajstić information content (AvgIpc) is 2.27. The molecule has 0 radical (unpaired) electrons. The monoisotopic (exact) mass is 313 g/mol. The highest BCUT2D eigenvalue weighted by Gasteiger charge is 2.36. The highest BCUT2D eigenvalue weighted by molar-refractivity contribution is 7.86. The maximum Gasteiger partial charge on any atom is 0.485 e. The number of halogens is 3. The summed E-state index contributed by atoms with van der Waals surface area (Å²) in [6.45, 7) is 0.999. The molecule has 0 aliphatic rings. The van der Waals surface area contributed by atoms with Crippen LogP contribution < -0.4 is 4.90 Å². The van der Waals surface area contributed by atoms with Crippen molar-refractivity contribution in [2.45, 2.75) is 12.1 Å². The van der Waals surface area contributed by atoms with Crippen molar-refractivity contribution in [3.05, 3.63) is 35.4 Å². The molecule has 0 atom stereocenters. The van der Waals surface area contributed by atoms with E-state index in [2.05, 4.69) is 14.1 Å². The predicted molar refractivity (Wildman–Crippen MR) is 64.1 cm³/mol. The number of carbonyl (C=O) groups is 1. The molecule has 1 aromatic carbocycles. The van der Waals surface area contributed by atoms with Gasteiger partial charge in [0.15, 0.2) is 10.1 Å².